The molecular formula is C36H44GeIrNO3-. The average molecular weight is 804 g/mol. The van der Waals surface area contributed by atoms with Gasteiger partial charge in [0.05, 0.1) is 5.76 Å². The van der Waals surface area contributed by atoms with Gasteiger partial charge in [-0.1, -0.05) is 27.7 Å². The Morgan fingerprint density at radius 2 is 1.60 bits per heavy atom. The number of allylic oxidation sites excluding steroid dienone is 2. The fraction of sp³-hybridized carbons (Fsp3) is 0.389. The SMILES string of the molecule is CCC(CC)C(=O)/C=C(\O)C(CC)CC.Cc1c2c([c-]c3ccccc13)-c1nccc3[c]([Ge]([CH3])([CH3])[CH3])ccc(c13)O2.[Ir]. The molecule has 0 saturated carbocycles. The van der Waals surface area contributed by atoms with Crippen LogP contribution in [-0.4, -0.2) is 29.1 Å². The summed E-state index contributed by atoms with van der Waals surface area (Å²) in [6, 6.07) is 18.5. The van der Waals surface area contributed by atoms with Crippen LogP contribution in [0.4, 0.5) is 0 Å². The minimum Gasteiger partial charge on any atom is 0 e. The van der Waals surface area contributed by atoms with Crippen LogP contribution in [0.2, 0.25) is 17.3 Å². The number of aliphatic hydroxyl groups excluding tert-OH is 1. The van der Waals surface area contributed by atoms with Crippen molar-refractivity contribution >= 4 is 45.0 Å². The number of benzene rings is 3. The van der Waals surface area contributed by atoms with Crippen molar-refractivity contribution in [1.29, 1.82) is 0 Å². The molecule has 0 spiro atoms. The van der Waals surface area contributed by atoms with E-state index in [0.29, 0.717) is 0 Å². The maximum Gasteiger partial charge on any atom is 0 e. The van der Waals surface area contributed by atoms with Gasteiger partial charge >= 0.3 is 156 Å². The molecule has 0 amide bonds. The Morgan fingerprint density at radius 1 is 0.952 bits per heavy atom. The van der Waals surface area contributed by atoms with Gasteiger partial charge in [-0.15, -0.1) is 0 Å². The molecule has 2 heterocycles. The number of carbonyl (C=O) groups is 1. The first-order valence-corrected chi connectivity index (χ1v) is 22.4. The summed E-state index contributed by atoms with van der Waals surface area (Å²) in [6.07, 6.45) is 6.84. The molecule has 0 bridgehead atoms. The molecule has 4 aromatic rings. The quantitative estimate of drug-likeness (QED) is 0.0735. The van der Waals surface area contributed by atoms with Crippen molar-refractivity contribution in [3.63, 3.8) is 0 Å². The van der Waals surface area contributed by atoms with E-state index in [0.717, 1.165) is 64.8 Å². The molecule has 0 saturated heterocycles. The van der Waals surface area contributed by atoms with Gasteiger partial charge in [-0.25, -0.2) is 0 Å². The Kier molecular flexibility index (Phi) is 11.6. The molecule has 1 aliphatic heterocycles. The number of ketones is 1. The van der Waals surface area contributed by atoms with Gasteiger partial charge in [-0.05, 0) is 25.7 Å². The van der Waals surface area contributed by atoms with E-state index in [4.69, 9.17) is 9.72 Å². The first kappa shape index (κ1) is 34.0. The molecule has 3 aromatic carbocycles. The van der Waals surface area contributed by atoms with Crippen LogP contribution in [0.5, 0.6) is 11.5 Å². The van der Waals surface area contributed by atoms with E-state index in [1.165, 1.54) is 21.2 Å². The van der Waals surface area contributed by atoms with Gasteiger partial charge in [0.25, 0.3) is 0 Å². The molecule has 1 N–H and O–H groups in total. The number of rotatable bonds is 8. The Bertz CT molecular complexity index is 1600. The summed E-state index contributed by atoms with van der Waals surface area (Å²) >= 11 is -2.01. The van der Waals surface area contributed by atoms with Crippen molar-refractivity contribution in [2.24, 2.45) is 11.8 Å². The minimum absolute atomic E-state index is 0. The molecule has 225 valence electrons. The molecule has 1 aromatic heterocycles. The number of nitrogens with zero attached hydrogens (tertiary/aromatic N) is 1. The maximum atomic E-state index is 11.7. The summed E-state index contributed by atoms with van der Waals surface area (Å²) in [7, 11) is 0. The maximum absolute atomic E-state index is 11.7. The van der Waals surface area contributed by atoms with Crippen molar-refractivity contribution in [2.45, 2.75) is 77.6 Å². The van der Waals surface area contributed by atoms with Crippen LogP contribution < -0.4 is 9.13 Å². The molecule has 1 radical (unpaired) electrons. The molecular weight excluding hydrogens is 759 g/mol. The molecule has 0 unspecified atom stereocenters. The van der Waals surface area contributed by atoms with E-state index >= 15 is 0 Å². The molecule has 5 rings (SSSR count). The summed E-state index contributed by atoms with van der Waals surface area (Å²) in [5.41, 5.74) is 3.13. The Hall–Kier alpha value is -2.47. The third-order valence-corrected chi connectivity index (χ3v) is 12.7. The van der Waals surface area contributed by atoms with E-state index in [1.54, 1.807) is 0 Å². The van der Waals surface area contributed by atoms with Crippen LogP contribution in [-0.2, 0) is 24.9 Å². The Balaban J connectivity index is 0.000000263. The second-order valence-corrected chi connectivity index (χ2v) is 22.6. The van der Waals surface area contributed by atoms with Crippen LogP contribution in [0.25, 0.3) is 32.8 Å². The third kappa shape index (κ3) is 6.85. The van der Waals surface area contributed by atoms with Crippen LogP contribution in [0.1, 0.15) is 58.9 Å². The predicted octanol–water partition coefficient (Wildman–Crippen LogP) is 9.68. The third-order valence-electron chi connectivity index (χ3n) is 8.39. The number of aromatic nitrogens is 1. The van der Waals surface area contributed by atoms with Crippen molar-refractivity contribution in [3.8, 4) is 22.8 Å². The molecule has 6 heteroatoms. The number of carbonyl (C=O) groups excluding carboxylic acids is 1. The molecule has 0 aliphatic carbocycles. The summed E-state index contributed by atoms with van der Waals surface area (Å²) in [5.74, 6) is 9.64. The molecule has 1 aliphatic rings. The van der Waals surface area contributed by atoms with E-state index in [1.807, 2.05) is 33.9 Å². The van der Waals surface area contributed by atoms with Crippen molar-refractivity contribution in [2.75, 3.05) is 0 Å². The number of hydrogen-bond acceptors (Lipinski definition) is 4. The van der Waals surface area contributed by atoms with Crippen LogP contribution in [0, 0.1) is 24.8 Å². The number of pyridine rings is 1. The van der Waals surface area contributed by atoms with Crippen LogP contribution in [0.3, 0.4) is 0 Å². The monoisotopic (exact) mass is 805 g/mol. The number of ether oxygens (including phenoxy) is 1. The number of hydrogen-bond donors (Lipinski definition) is 1. The molecule has 0 atom stereocenters. The standard InChI is InChI=1S/C23H20GeNO.C13H24O2.Ir/c1-14-16-8-6-5-7-15(16)13-18-22-21-17(11-12-25-22)19(24(2,3)4)9-10-20(21)26-23(14)18;1-5-10(6-2)12(14)9-13(15)11(7-3)8-4;/h5-12H,1-4H3;9-11,14H,5-8H2,1-4H3;/q-1;;/b;12-9-;. The first-order valence-electron chi connectivity index (χ1n) is 15.0. The van der Waals surface area contributed by atoms with E-state index < -0.39 is 13.3 Å². The Labute approximate surface area is 267 Å². The summed E-state index contributed by atoms with van der Waals surface area (Å²) < 4.78 is 7.90. The Morgan fingerprint density at radius 3 is 2.21 bits per heavy atom. The van der Waals surface area contributed by atoms with Gasteiger partial charge in [0.1, 0.15) is 0 Å². The van der Waals surface area contributed by atoms with Gasteiger partial charge in [-0.3, -0.25) is 4.79 Å². The molecule has 4 nitrogen and oxygen atoms in total. The smallest absolute Gasteiger partial charge is 0 e. The fourth-order valence-electron chi connectivity index (χ4n) is 5.80. The van der Waals surface area contributed by atoms with Gasteiger partial charge in [0.2, 0.25) is 0 Å². The topological polar surface area (TPSA) is 59.4 Å². The van der Waals surface area contributed by atoms with E-state index in [-0.39, 0.29) is 43.5 Å². The zero-order valence-electron chi connectivity index (χ0n) is 26.2. The zero-order chi connectivity index (χ0) is 29.9. The van der Waals surface area contributed by atoms with Crippen molar-refractivity contribution < 1.29 is 34.7 Å². The number of aryl methyl sites for hydroxylation is 1. The van der Waals surface area contributed by atoms with Gasteiger partial charge < -0.3 is 5.11 Å². The van der Waals surface area contributed by atoms with Gasteiger partial charge in [-0.2, -0.15) is 0 Å². The van der Waals surface area contributed by atoms with Crippen LogP contribution >= 0.6 is 0 Å². The number of fused-ring (bicyclic) bond motifs is 3. The largest absolute Gasteiger partial charge is 0 e. The number of aliphatic hydroxyl groups is 1. The van der Waals surface area contributed by atoms with E-state index in [2.05, 4.69) is 72.7 Å². The summed E-state index contributed by atoms with van der Waals surface area (Å²) in [6.45, 7) is 10.2. The van der Waals surface area contributed by atoms with Gasteiger partial charge in [0.15, 0.2) is 5.78 Å². The second-order valence-electron chi connectivity index (χ2n) is 12.0. The molecule has 42 heavy (non-hydrogen) atoms. The summed E-state index contributed by atoms with van der Waals surface area (Å²) in [5, 5.41) is 14.5. The van der Waals surface area contributed by atoms with Gasteiger partial charge in [0, 0.05) is 38.0 Å². The van der Waals surface area contributed by atoms with E-state index in [9.17, 15) is 9.90 Å². The molecule has 0 fully saturated rings. The van der Waals surface area contributed by atoms with Crippen molar-refractivity contribution in [3.05, 3.63) is 72.1 Å². The second kappa shape index (κ2) is 14.3. The minimum atomic E-state index is -2.01. The first-order chi connectivity index (χ1) is 19.5. The zero-order valence-corrected chi connectivity index (χ0v) is 30.7. The summed E-state index contributed by atoms with van der Waals surface area (Å²) in [4.78, 5) is 16.5. The normalized spacial score (nSPS) is 12.5. The fourth-order valence-corrected chi connectivity index (χ4v) is 9.16. The predicted molar refractivity (Wildman–Crippen MR) is 175 cm³/mol. The van der Waals surface area contributed by atoms with Crippen molar-refractivity contribution in [1.82, 2.24) is 4.98 Å². The van der Waals surface area contributed by atoms with Crippen LogP contribution in [0.15, 0.2) is 60.5 Å². The average Bonchev–Trinajstić information content (AvgIpc) is 2.95.